The van der Waals surface area contributed by atoms with Crippen molar-refractivity contribution in [2.45, 2.75) is 18.1 Å². The van der Waals surface area contributed by atoms with Crippen LogP contribution in [0.25, 0.3) is 0 Å². The summed E-state index contributed by atoms with van der Waals surface area (Å²) in [6.45, 7) is 0.120. The molecule has 1 N–H and O–H groups in total. The molecular formula is C15H18F2N2O4S. The first kappa shape index (κ1) is 18.3. The van der Waals surface area contributed by atoms with Crippen LogP contribution in [-0.2, 0) is 14.6 Å². The number of benzene rings is 1. The molecular weight excluding hydrogens is 342 g/mol. The molecule has 24 heavy (non-hydrogen) atoms. The van der Waals surface area contributed by atoms with Gasteiger partial charge in [0.1, 0.15) is 23.0 Å². The SMILES string of the molecule is CNC(=O)CS(=O)(=O)C1CCN(C(=O)c2c(F)cccc2F)CC1. The standard InChI is InChI=1S/C15H18F2N2O4S/c1-18-13(20)9-24(22,23)10-5-7-19(8-6-10)15(21)14-11(16)3-2-4-12(14)17/h2-4,10H,5-9H2,1H3,(H,18,20). The number of piperidine rings is 1. The minimum absolute atomic E-state index is 0.0598. The largest absolute Gasteiger partial charge is 0.358 e. The minimum atomic E-state index is -3.62. The van der Waals surface area contributed by atoms with E-state index < -0.39 is 49.9 Å². The summed E-state index contributed by atoms with van der Waals surface area (Å²) in [6.07, 6.45) is 0.252. The Hall–Kier alpha value is -2.03. The summed E-state index contributed by atoms with van der Waals surface area (Å²) in [7, 11) is -2.27. The Labute approximate surface area is 138 Å². The predicted octanol–water partition coefficient (Wildman–Crippen LogP) is 0.730. The third kappa shape index (κ3) is 3.89. The fourth-order valence-electron chi connectivity index (χ4n) is 2.65. The molecule has 2 amide bonds. The quantitative estimate of drug-likeness (QED) is 0.858. The molecule has 132 valence electrons. The molecule has 1 aliphatic rings. The van der Waals surface area contributed by atoms with Gasteiger partial charge in [-0.3, -0.25) is 9.59 Å². The number of nitrogens with one attached hydrogen (secondary N) is 1. The molecule has 0 aromatic heterocycles. The molecule has 0 radical (unpaired) electrons. The first-order valence-corrected chi connectivity index (χ1v) is 9.13. The Morgan fingerprint density at radius 3 is 2.25 bits per heavy atom. The molecule has 0 bridgehead atoms. The zero-order valence-corrected chi connectivity index (χ0v) is 13.9. The van der Waals surface area contributed by atoms with Crippen LogP contribution in [0.15, 0.2) is 18.2 Å². The molecule has 0 atom stereocenters. The van der Waals surface area contributed by atoms with Crippen molar-refractivity contribution in [2.24, 2.45) is 0 Å². The molecule has 1 aromatic rings. The van der Waals surface area contributed by atoms with E-state index in [0.717, 1.165) is 12.1 Å². The molecule has 0 aliphatic carbocycles. The van der Waals surface area contributed by atoms with Gasteiger partial charge in [0.15, 0.2) is 9.84 Å². The van der Waals surface area contributed by atoms with Gasteiger partial charge in [-0.1, -0.05) is 6.07 Å². The normalized spacial score (nSPS) is 16.0. The molecule has 2 rings (SSSR count). The average Bonchev–Trinajstić information content (AvgIpc) is 2.54. The molecule has 1 heterocycles. The van der Waals surface area contributed by atoms with Crippen molar-refractivity contribution in [2.75, 3.05) is 25.9 Å². The molecule has 0 unspecified atom stereocenters. The number of nitrogens with zero attached hydrogens (tertiary/aromatic N) is 1. The number of halogens is 2. The van der Waals surface area contributed by atoms with Crippen LogP contribution in [0.2, 0.25) is 0 Å². The van der Waals surface area contributed by atoms with Crippen LogP contribution in [0.4, 0.5) is 8.78 Å². The summed E-state index contributed by atoms with van der Waals surface area (Å²) < 4.78 is 51.6. The van der Waals surface area contributed by atoms with Crippen molar-refractivity contribution >= 4 is 21.7 Å². The van der Waals surface area contributed by atoms with E-state index in [1.807, 2.05) is 0 Å². The maximum atomic E-state index is 13.7. The van der Waals surface area contributed by atoms with Crippen LogP contribution < -0.4 is 5.32 Å². The van der Waals surface area contributed by atoms with Crippen LogP contribution in [0.3, 0.4) is 0 Å². The second-order valence-corrected chi connectivity index (χ2v) is 7.85. The minimum Gasteiger partial charge on any atom is -0.358 e. The smallest absolute Gasteiger partial charge is 0.259 e. The monoisotopic (exact) mass is 360 g/mol. The fourth-order valence-corrected chi connectivity index (χ4v) is 4.33. The number of amides is 2. The number of hydrogen-bond donors (Lipinski definition) is 1. The maximum Gasteiger partial charge on any atom is 0.259 e. The van der Waals surface area contributed by atoms with Crippen molar-refractivity contribution in [3.05, 3.63) is 35.4 Å². The van der Waals surface area contributed by atoms with Crippen molar-refractivity contribution < 1.29 is 26.8 Å². The Bertz CT molecular complexity index is 724. The highest BCUT2D eigenvalue weighted by Gasteiger charge is 2.34. The van der Waals surface area contributed by atoms with Crippen molar-refractivity contribution in [1.82, 2.24) is 10.2 Å². The van der Waals surface area contributed by atoms with Crippen LogP contribution in [0.5, 0.6) is 0 Å². The summed E-state index contributed by atoms with van der Waals surface area (Å²) in [5.74, 6) is -3.90. The van der Waals surface area contributed by atoms with Gasteiger partial charge in [0.05, 0.1) is 5.25 Å². The van der Waals surface area contributed by atoms with Crippen molar-refractivity contribution in [3.8, 4) is 0 Å². The highest BCUT2D eigenvalue weighted by atomic mass is 32.2. The second kappa shape index (κ2) is 7.25. The second-order valence-electron chi connectivity index (χ2n) is 5.57. The Morgan fingerprint density at radius 1 is 1.21 bits per heavy atom. The van der Waals surface area contributed by atoms with Gasteiger partial charge in [-0.25, -0.2) is 17.2 Å². The van der Waals surface area contributed by atoms with Gasteiger partial charge < -0.3 is 10.2 Å². The topological polar surface area (TPSA) is 83.6 Å². The number of carbonyl (C=O) groups is 2. The van der Waals surface area contributed by atoms with Gasteiger partial charge in [-0.05, 0) is 25.0 Å². The lowest BCUT2D eigenvalue weighted by atomic mass is 10.1. The van der Waals surface area contributed by atoms with Gasteiger partial charge in [-0.15, -0.1) is 0 Å². The average molecular weight is 360 g/mol. The van der Waals surface area contributed by atoms with Crippen molar-refractivity contribution in [3.63, 3.8) is 0 Å². The third-order valence-electron chi connectivity index (χ3n) is 4.02. The highest BCUT2D eigenvalue weighted by molar-refractivity contribution is 7.92. The molecule has 9 heteroatoms. The summed E-state index contributed by atoms with van der Waals surface area (Å²) in [5.41, 5.74) is -0.635. The lowest BCUT2D eigenvalue weighted by Gasteiger charge is -2.31. The summed E-state index contributed by atoms with van der Waals surface area (Å²) in [6, 6.07) is 3.16. The van der Waals surface area contributed by atoms with E-state index in [0.29, 0.717) is 0 Å². The van der Waals surface area contributed by atoms with Gasteiger partial charge in [-0.2, -0.15) is 0 Å². The molecule has 6 nitrogen and oxygen atoms in total. The number of likely N-dealkylation sites (tertiary alicyclic amines) is 1. The van der Waals surface area contributed by atoms with E-state index >= 15 is 0 Å². The molecule has 1 aliphatic heterocycles. The molecule has 1 saturated heterocycles. The zero-order chi connectivity index (χ0) is 17.9. The maximum absolute atomic E-state index is 13.7. The fraction of sp³-hybridized carbons (Fsp3) is 0.467. The van der Waals surface area contributed by atoms with Gasteiger partial charge in [0.2, 0.25) is 5.91 Å². The number of carbonyl (C=O) groups excluding carboxylic acids is 2. The highest BCUT2D eigenvalue weighted by Crippen LogP contribution is 2.22. The van der Waals surface area contributed by atoms with Crippen LogP contribution in [0, 0.1) is 11.6 Å². The molecule has 0 saturated carbocycles. The van der Waals surface area contributed by atoms with E-state index in [-0.39, 0.29) is 25.9 Å². The molecule has 0 spiro atoms. The summed E-state index contributed by atoms with van der Waals surface area (Å²) in [4.78, 5) is 24.7. The van der Waals surface area contributed by atoms with Gasteiger partial charge in [0.25, 0.3) is 5.91 Å². The first-order valence-electron chi connectivity index (χ1n) is 7.41. The van der Waals surface area contributed by atoms with Gasteiger partial charge >= 0.3 is 0 Å². The van der Waals surface area contributed by atoms with Crippen molar-refractivity contribution in [1.29, 1.82) is 0 Å². The van der Waals surface area contributed by atoms with E-state index in [4.69, 9.17) is 0 Å². The lowest BCUT2D eigenvalue weighted by Crippen LogP contribution is -2.44. The lowest BCUT2D eigenvalue weighted by molar-refractivity contribution is -0.118. The summed E-state index contributed by atoms with van der Waals surface area (Å²) >= 11 is 0. The third-order valence-corrected chi connectivity index (χ3v) is 6.18. The van der Waals surface area contributed by atoms with Crippen LogP contribution in [0.1, 0.15) is 23.2 Å². The van der Waals surface area contributed by atoms with Crippen LogP contribution in [-0.4, -0.2) is 56.3 Å². The number of rotatable bonds is 4. The molecule has 1 aromatic carbocycles. The Balaban J connectivity index is 2.05. The summed E-state index contributed by atoms with van der Waals surface area (Å²) in [5, 5.41) is 1.51. The number of hydrogen-bond acceptors (Lipinski definition) is 4. The first-order chi connectivity index (χ1) is 11.3. The predicted molar refractivity (Wildman–Crippen MR) is 83.1 cm³/mol. The Kier molecular flexibility index (Phi) is 5.53. The molecule has 1 fully saturated rings. The number of sulfone groups is 1. The van der Waals surface area contributed by atoms with E-state index in [1.165, 1.54) is 18.0 Å². The van der Waals surface area contributed by atoms with Gasteiger partial charge in [0, 0.05) is 20.1 Å². The Morgan fingerprint density at radius 2 is 1.75 bits per heavy atom. The van der Waals surface area contributed by atoms with E-state index in [9.17, 15) is 26.8 Å². The zero-order valence-electron chi connectivity index (χ0n) is 13.1. The van der Waals surface area contributed by atoms with Crippen LogP contribution >= 0.6 is 0 Å². The van der Waals surface area contributed by atoms with E-state index in [1.54, 1.807) is 0 Å². The van der Waals surface area contributed by atoms with E-state index in [2.05, 4.69) is 5.32 Å².